The van der Waals surface area contributed by atoms with Gasteiger partial charge in [0.15, 0.2) is 0 Å². The first-order chi connectivity index (χ1) is 7.93. The summed E-state index contributed by atoms with van der Waals surface area (Å²) in [6.45, 7) is 1.14. The molecule has 0 aliphatic carbocycles. The van der Waals surface area contributed by atoms with Crippen LogP contribution in [0.2, 0.25) is 0 Å². The van der Waals surface area contributed by atoms with Crippen molar-refractivity contribution in [3.63, 3.8) is 0 Å². The van der Waals surface area contributed by atoms with Crippen LogP contribution < -0.4 is 5.32 Å². The van der Waals surface area contributed by atoms with Crippen LogP contribution in [0.15, 0.2) is 24.3 Å². The number of nitrogens with one attached hydrogen (secondary N) is 1. The molecule has 1 saturated heterocycles. The molecule has 1 unspecified atom stereocenters. The molecule has 3 heteroatoms. The zero-order valence-corrected chi connectivity index (χ0v) is 10.1. The van der Waals surface area contributed by atoms with Gasteiger partial charge >= 0.3 is 0 Å². The predicted octanol–water partition coefficient (Wildman–Crippen LogP) is 3.50. The van der Waals surface area contributed by atoms with Gasteiger partial charge in [-0.1, -0.05) is 25.0 Å². The SMILES string of the molecule is c1ccc2sc(C3CCCCCN3)nc2c1. The van der Waals surface area contributed by atoms with E-state index < -0.39 is 0 Å². The van der Waals surface area contributed by atoms with Crippen LogP contribution in [0.5, 0.6) is 0 Å². The molecule has 1 atom stereocenters. The van der Waals surface area contributed by atoms with Gasteiger partial charge in [0, 0.05) is 0 Å². The Kier molecular flexibility index (Phi) is 2.89. The Balaban J connectivity index is 1.92. The summed E-state index contributed by atoms with van der Waals surface area (Å²) in [5.41, 5.74) is 1.15. The van der Waals surface area contributed by atoms with Crippen LogP contribution in [0.1, 0.15) is 36.7 Å². The third-order valence-electron chi connectivity index (χ3n) is 3.17. The molecule has 2 nitrogen and oxygen atoms in total. The number of hydrogen-bond donors (Lipinski definition) is 1. The van der Waals surface area contributed by atoms with Gasteiger partial charge in [-0.05, 0) is 31.5 Å². The summed E-state index contributed by atoms with van der Waals surface area (Å²) in [6.07, 6.45) is 5.23. The molecular weight excluding hydrogens is 216 g/mol. The monoisotopic (exact) mass is 232 g/mol. The fourth-order valence-electron chi connectivity index (χ4n) is 2.28. The lowest BCUT2D eigenvalue weighted by Crippen LogP contribution is -2.19. The van der Waals surface area contributed by atoms with Gasteiger partial charge in [0.2, 0.25) is 0 Å². The Labute approximate surface area is 99.7 Å². The number of hydrogen-bond acceptors (Lipinski definition) is 3. The van der Waals surface area contributed by atoms with Gasteiger partial charge in [-0.25, -0.2) is 4.98 Å². The Morgan fingerprint density at radius 2 is 2.12 bits per heavy atom. The van der Waals surface area contributed by atoms with Crippen molar-refractivity contribution in [3.8, 4) is 0 Å². The summed E-state index contributed by atoms with van der Waals surface area (Å²) in [5.74, 6) is 0. The van der Waals surface area contributed by atoms with E-state index in [0.29, 0.717) is 6.04 Å². The lowest BCUT2D eigenvalue weighted by Gasteiger charge is -2.11. The molecule has 2 aromatic rings. The summed E-state index contributed by atoms with van der Waals surface area (Å²) < 4.78 is 1.31. The number of thiazole rings is 1. The van der Waals surface area contributed by atoms with Crippen LogP contribution in [0.25, 0.3) is 10.2 Å². The lowest BCUT2D eigenvalue weighted by atomic mass is 10.1. The van der Waals surface area contributed by atoms with E-state index in [1.165, 1.54) is 35.4 Å². The number of rotatable bonds is 1. The average molecular weight is 232 g/mol. The molecule has 1 aliphatic rings. The number of para-hydroxylation sites is 1. The Bertz CT molecular complexity index is 436. The van der Waals surface area contributed by atoms with Crippen molar-refractivity contribution in [2.75, 3.05) is 6.54 Å². The van der Waals surface area contributed by atoms with Gasteiger partial charge in [-0.3, -0.25) is 0 Å². The van der Waals surface area contributed by atoms with Crippen LogP contribution in [0.3, 0.4) is 0 Å². The third-order valence-corrected chi connectivity index (χ3v) is 4.32. The van der Waals surface area contributed by atoms with Crippen LogP contribution in [-0.2, 0) is 0 Å². The second kappa shape index (κ2) is 4.52. The molecule has 0 radical (unpaired) electrons. The summed E-state index contributed by atoms with van der Waals surface area (Å²) in [6, 6.07) is 8.90. The molecule has 0 amide bonds. The van der Waals surface area contributed by atoms with E-state index in [1.54, 1.807) is 0 Å². The summed E-state index contributed by atoms with van der Waals surface area (Å²) in [7, 11) is 0. The molecule has 1 fully saturated rings. The molecule has 16 heavy (non-hydrogen) atoms. The molecule has 1 aliphatic heterocycles. The van der Waals surface area contributed by atoms with Gasteiger partial charge in [0.05, 0.1) is 16.3 Å². The first-order valence-electron chi connectivity index (χ1n) is 6.02. The van der Waals surface area contributed by atoms with Crippen molar-refractivity contribution >= 4 is 21.6 Å². The predicted molar refractivity (Wildman–Crippen MR) is 68.8 cm³/mol. The van der Waals surface area contributed by atoms with Crippen molar-refractivity contribution in [2.24, 2.45) is 0 Å². The highest BCUT2D eigenvalue weighted by Crippen LogP contribution is 2.29. The van der Waals surface area contributed by atoms with Crippen LogP contribution in [0, 0.1) is 0 Å². The van der Waals surface area contributed by atoms with E-state index in [9.17, 15) is 0 Å². The maximum Gasteiger partial charge on any atom is 0.111 e. The summed E-state index contributed by atoms with van der Waals surface area (Å²) in [4.78, 5) is 4.73. The van der Waals surface area contributed by atoms with E-state index >= 15 is 0 Å². The molecule has 1 N–H and O–H groups in total. The summed E-state index contributed by atoms with van der Waals surface area (Å²) >= 11 is 1.84. The molecule has 1 aromatic heterocycles. The quantitative estimate of drug-likeness (QED) is 0.814. The molecule has 2 heterocycles. The molecule has 84 valence electrons. The second-order valence-corrected chi connectivity index (χ2v) is 5.44. The van der Waals surface area contributed by atoms with Crippen molar-refractivity contribution in [2.45, 2.75) is 31.7 Å². The highest BCUT2D eigenvalue weighted by Gasteiger charge is 2.17. The van der Waals surface area contributed by atoms with Crippen LogP contribution >= 0.6 is 11.3 Å². The first kappa shape index (κ1) is 10.2. The molecule has 0 bridgehead atoms. The molecule has 0 saturated carbocycles. The highest BCUT2D eigenvalue weighted by atomic mass is 32.1. The van der Waals surface area contributed by atoms with Crippen LogP contribution in [0.4, 0.5) is 0 Å². The standard InChI is InChI=1S/C13H16N2S/c1-2-7-11(14-9-5-1)13-15-10-6-3-4-8-12(10)16-13/h3-4,6,8,11,14H,1-2,5,7,9H2. The fourth-order valence-corrected chi connectivity index (χ4v) is 3.36. The Morgan fingerprint density at radius 3 is 3.06 bits per heavy atom. The number of benzene rings is 1. The van der Waals surface area contributed by atoms with Crippen molar-refractivity contribution < 1.29 is 0 Å². The van der Waals surface area contributed by atoms with Crippen molar-refractivity contribution in [3.05, 3.63) is 29.3 Å². The highest BCUT2D eigenvalue weighted by molar-refractivity contribution is 7.18. The second-order valence-electron chi connectivity index (χ2n) is 4.38. The van der Waals surface area contributed by atoms with E-state index in [2.05, 4.69) is 29.6 Å². The Hall–Kier alpha value is -0.930. The molecule has 0 spiro atoms. The maximum atomic E-state index is 4.73. The number of nitrogens with zero attached hydrogens (tertiary/aromatic N) is 1. The van der Waals surface area contributed by atoms with Crippen molar-refractivity contribution in [1.29, 1.82) is 0 Å². The van der Waals surface area contributed by atoms with Gasteiger partial charge in [0.25, 0.3) is 0 Å². The van der Waals surface area contributed by atoms with Gasteiger partial charge in [-0.15, -0.1) is 11.3 Å². The lowest BCUT2D eigenvalue weighted by molar-refractivity contribution is 0.533. The minimum Gasteiger partial charge on any atom is -0.308 e. The normalized spacial score (nSPS) is 22.1. The molecular formula is C13H16N2S. The minimum atomic E-state index is 0.486. The average Bonchev–Trinajstić information content (AvgIpc) is 2.56. The fraction of sp³-hybridized carbons (Fsp3) is 0.462. The summed E-state index contributed by atoms with van der Waals surface area (Å²) in [5, 5.41) is 4.87. The van der Waals surface area contributed by atoms with Gasteiger partial charge in [-0.2, -0.15) is 0 Å². The largest absolute Gasteiger partial charge is 0.308 e. The van der Waals surface area contributed by atoms with E-state index in [0.717, 1.165) is 12.1 Å². The van der Waals surface area contributed by atoms with Gasteiger partial charge in [0.1, 0.15) is 5.01 Å². The number of fused-ring (bicyclic) bond motifs is 1. The topological polar surface area (TPSA) is 24.9 Å². The first-order valence-corrected chi connectivity index (χ1v) is 6.84. The van der Waals surface area contributed by atoms with E-state index in [4.69, 9.17) is 4.98 Å². The maximum absolute atomic E-state index is 4.73. The Morgan fingerprint density at radius 1 is 1.19 bits per heavy atom. The smallest absolute Gasteiger partial charge is 0.111 e. The zero-order valence-electron chi connectivity index (χ0n) is 9.28. The van der Waals surface area contributed by atoms with Crippen molar-refractivity contribution in [1.82, 2.24) is 10.3 Å². The molecule has 3 rings (SSSR count). The molecule has 1 aromatic carbocycles. The van der Waals surface area contributed by atoms with E-state index in [-0.39, 0.29) is 0 Å². The van der Waals surface area contributed by atoms with Gasteiger partial charge < -0.3 is 5.32 Å². The zero-order chi connectivity index (χ0) is 10.8. The van der Waals surface area contributed by atoms with Crippen LogP contribution in [-0.4, -0.2) is 11.5 Å². The third kappa shape index (κ3) is 1.97. The minimum absolute atomic E-state index is 0.486. The number of aromatic nitrogens is 1. The van der Waals surface area contributed by atoms with E-state index in [1.807, 2.05) is 11.3 Å².